The number of hydrogen-bond acceptors (Lipinski definition) is 4. The molecule has 0 aliphatic carbocycles. The van der Waals surface area contributed by atoms with E-state index in [4.69, 9.17) is 10.6 Å². The summed E-state index contributed by atoms with van der Waals surface area (Å²) in [7, 11) is 0. The fourth-order valence-corrected chi connectivity index (χ4v) is 0.835. The zero-order valence-corrected chi connectivity index (χ0v) is 7.82. The molecule has 0 rings (SSSR count). The predicted molar refractivity (Wildman–Crippen MR) is 47.5 cm³/mol. The Morgan fingerprint density at radius 2 is 2.25 bits per heavy atom. The van der Waals surface area contributed by atoms with E-state index < -0.39 is 0 Å². The van der Waals surface area contributed by atoms with Crippen LogP contribution in [0, 0.1) is 5.92 Å². The minimum Gasteiger partial charge on any atom is -0.381 e. The molecule has 0 heterocycles. The van der Waals surface area contributed by atoms with E-state index in [1.54, 1.807) is 5.01 Å². The van der Waals surface area contributed by atoms with Gasteiger partial charge in [-0.2, -0.15) is 0 Å². The molecule has 0 aliphatic rings. The number of aldehydes is 1. The van der Waals surface area contributed by atoms with Gasteiger partial charge in [0.1, 0.15) is 6.29 Å². The second-order valence-corrected chi connectivity index (χ2v) is 2.64. The number of carbonyl (C=O) groups is 1. The summed E-state index contributed by atoms with van der Waals surface area (Å²) < 4.78 is 5.12. The van der Waals surface area contributed by atoms with E-state index >= 15 is 0 Å². The SMILES string of the molecule is CCOCC(C=O)CN(N)CC. The van der Waals surface area contributed by atoms with Crippen LogP contribution in [0.25, 0.3) is 0 Å². The third-order valence-corrected chi connectivity index (χ3v) is 1.60. The van der Waals surface area contributed by atoms with Crippen LogP contribution < -0.4 is 5.84 Å². The van der Waals surface area contributed by atoms with E-state index in [9.17, 15) is 4.79 Å². The average Bonchev–Trinajstić information content (AvgIpc) is 2.11. The van der Waals surface area contributed by atoms with Crippen molar-refractivity contribution in [3.8, 4) is 0 Å². The Morgan fingerprint density at radius 3 is 2.67 bits per heavy atom. The normalized spacial score (nSPS) is 13.3. The number of carbonyl (C=O) groups excluding carboxylic acids is 1. The van der Waals surface area contributed by atoms with Crippen LogP contribution in [0.2, 0.25) is 0 Å². The van der Waals surface area contributed by atoms with Crippen LogP contribution in [0.4, 0.5) is 0 Å². The van der Waals surface area contributed by atoms with Crippen LogP contribution in [0.15, 0.2) is 0 Å². The maximum absolute atomic E-state index is 10.5. The Balaban J connectivity index is 3.59. The lowest BCUT2D eigenvalue weighted by atomic mass is 10.2. The highest BCUT2D eigenvalue weighted by atomic mass is 16.5. The lowest BCUT2D eigenvalue weighted by molar-refractivity contribution is -0.113. The average molecular weight is 174 g/mol. The maximum Gasteiger partial charge on any atom is 0.126 e. The standard InChI is InChI=1S/C8H18N2O2/c1-3-10(9)5-8(6-11)7-12-4-2/h6,8H,3-5,7,9H2,1-2H3. The van der Waals surface area contributed by atoms with Gasteiger partial charge < -0.3 is 9.53 Å². The molecular formula is C8H18N2O2. The van der Waals surface area contributed by atoms with Gasteiger partial charge in [0, 0.05) is 19.7 Å². The first-order chi connectivity index (χ1) is 5.74. The second-order valence-electron chi connectivity index (χ2n) is 2.64. The van der Waals surface area contributed by atoms with Crippen molar-refractivity contribution in [1.29, 1.82) is 0 Å². The Bertz CT molecular complexity index is 120. The van der Waals surface area contributed by atoms with Crippen LogP contribution in [0.1, 0.15) is 13.8 Å². The fraction of sp³-hybridized carbons (Fsp3) is 0.875. The molecule has 0 spiro atoms. The molecule has 0 aliphatic heterocycles. The first-order valence-corrected chi connectivity index (χ1v) is 4.27. The minimum atomic E-state index is -0.102. The highest BCUT2D eigenvalue weighted by molar-refractivity contribution is 5.53. The quantitative estimate of drug-likeness (QED) is 0.336. The third kappa shape index (κ3) is 5.23. The van der Waals surface area contributed by atoms with Gasteiger partial charge in [-0.3, -0.25) is 5.84 Å². The molecule has 4 nitrogen and oxygen atoms in total. The molecule has 0 saturated carbocycles. The Hall–Kier alpha value is -0.450. The summed E-state index contributed by atoms with van der Waals surface area (Å²) >= 11 is 0. The van der Waals surface area contributed by atoms with Gasteiger partial charge in [-0.1, -0.05) is 6.92 Å². The summed E-state index contributed by atoms with van der Waals surface area (Å²) in [6, 6.07) is 0. The Morgan fingerprint density at radius 1 is 1.58 bits per heavy atom. The molecule has 1 atom stereocenters. The van der Waals surface area contributed by atoms with Crippen molar-refractivity contribution in [2.24, 2.45) is 11.8 Å². The van der Waals surface area contributed by atoms with E-state index in [1.807, 2.05) is 13.8 Å². The molecule has 0 bridgehead atoms. The zero-order valence-electron chi connectivity index (χ0n) is 7.82. The second kappa shape index (κ2) is 7.21. The number of hydrogen-bond donors (Lipinski definition) is 1. The molecule has 0 radical (unpaired) electrons. The van der Waals surface area contributed by atoms with Gasteiger partial charge in [0.15, 0.2) is 0 Å². The van der Waals surface area contributed by atoms with Crippen LogP contribution >= 0.6 is 0 Å². The molecule has 4 heteroatoms. The van der Waals surface area contributed by atoms with Crippen molar-refractivity contribution in [3.63, 3.8) is 0 Å². The molecule has 0 fully saturated rings. The van der Waals surface area contributed by atoms with Crippen molar-refractivity contribution < 1.29 is 9.53 Å². The first kappa shape index (κ1) is 11.6. The van der Waals surface area contributed by atoms with Gasteiger partial charge in [0.25, 0.3) is 0 Å². The summed E-state index contributed by atoms with van der Waals surface area (Å²) in [5, 5.41) is 1.61. The summed E-state index contributed by atoms with van der Waals surface area (Å²) in [6.45, 7) is 6.27. The van der Waals surface area contributed by atoms with E-state index in [0.29, 0.717) is 19.8 Å². The molecular weight excluding hydrogens is 156 g/mol. The van der Waals surface area contributed by atoms with Gasteiger partial charge in [0.05, 0.1) is 12.5 Å². The number of rotatable bonds is 7. The summed E-state index contributed by atoms with van der Waals surface area (Å²) in [6.07, 6.45) is 0.894. The van der Waals surface area contributed by atoms with Crippen molar-refractivity contribution in [3.05, 3.63) is 0 Å². The van der Waals surface area contributed by atoms with Crippen molar-refractivity contribution in [2.75, 3.05) is 26.3 Å². The molecule has 0 aromatic rings. The van der Waals surface area contributed by atoms with Crippen LogP contribution in [0.3, 0.4) is 0 Å². The Labute approximate surface area is 73.6 Å². The largest absolute Gasteiger partial charge is 0.381 e. The van der Waals surface area contributed by atoms with Gasteiger partial charge in [-0.15, -0.1) is 0 Å². The number of nitrogens with two attached hydrogens (primary N) is 1. The van der Waals surface area contributed by atoms with Crippen molar-refractivity contribution in [1.82, 2.24) is 5.01 Å². The van der Waals surface area contributed by atoms with Crippen LogP contribution in [0.5, 0.6) is 0 Å². The van der Waals surface area contributed by atoms with Crippen molar-refractivity contribution >= 4 is 6.29 Å². The topological polar surface area (TPSA) is 55.6 Å². The van der Waals surface area contributed by atoms with Gasteiger partial charge in [-0.25, -0.2) is 5.01 Å². The van der Waals surface area contributed by atoms with E-state index in [0.717, 1.165) is 12.8 Å². The van der Waals surface area contributed by atoms with Crippen LogP contribution in [-0.4, -0.2) is 37.6 Å². The number of ether oxygens (including phenoxy) is 1. The predicted octanol–water partition coefficient (Wildman–Crippen LogP) is 0.0336. The highest BCUT2D eigenvalue weighted by Gasteiger charge is 2.09. The molecule has 72 valence electrons. The number of hydrazine groups is 1. The number of nitrogens with zero attached hydrogens (tertiary/aromatic N) is 1. The lowest BCUT2D eigenvalue weighted by Crippen LogP contribution is -2.37. The van der Waals surface area contributed by atoms with E-state index in [1.165, 1.54) is 0 Å². The minimum absolute atomic E-state index is 0.102. The van der Waals surface area contributed by atoms with Gasteiger partial charge in [-0.05, 0) is 6.92 Å². The monoisotopic (exact) mass is 174 g/mol. The molecule has 0 aromatic carbocycles. The van der Waals surface area contributed by atoms with E-state index in [2.05, 4.69) is 0 Å². The molecule has 1 unspecified atom stereocenters. The summed E-state index contributed by atoms with van der Waals surface area (Å²) in [5.41, 5.74) is 0. The molecule has 0 amide bonds. The molecule has 12 heavy (non-hydrogen) atoms. The van der Waals surface area contributed by atoms with Crippen LogP contribution in [-0.2, 0) is 9.53 Å². The zero-order chi connectivity index (χ0) is 9.40. The van der Waals surface area contributed by atoms with Crippen molar-refractivity contribution in [2.45, 2.75) is 13.8 Å². The third-order valence-electron chi connectivity index (χ3n) is 1.60. The highest BCUT2D eigenvalue weighted by Crippen LogP contribution is 1.95. The molecule has 0 aromatic heterocycles. The van der Waals surface area contributed by atoms with E-state index in [-0.39, 0.29) is 5.92 Å². The fourth-order valence-electron chi connectivity index (χ4n) is 0.835. The first-order valence-electron chi connectivity index (χ1n) is 4.27. The van der Waals surface area contributed by atoms with Gasteiger partial charge in [0.2, 0.25) is 0 Å². The molecule has 0 saturated heterocycles. The Kier molecular flexibility index (Phi) is 6.94. The summed E-state index contributed by atoms with van der Waals surface area (Å²) in [5.74, 6) is 5.44. The maximum atomic E-state index is 10.5. The smallest absolute Gasteiger partial charge is 0.126 e. The molecule has 2 N–H and O–H groups in total. The van der Waals surface area contributed by atoms with Gasteiger partial charge >= 0.3 is 0 Å². The summed E-state index contributed by atoms with van der Waals surface area (Å²) in [4.78, 5) is 10.5. The lowest BCUT2D eigenvalue weighted by Gasteiger charge is -2.17.